The van der Waals surface area contributed by atoms with Crippen molar-refractivity contribution < 1.29 is 0 Å². The zero-order chi connectivity index (χ0) is 6.85. The average Bonchev–Trinajstić information content (AvgIpc) is 2.15. The van der Waals surface area contributed by atoms with Crippen LogP contribution in [0.1, 0.15) is 13.8 Å². The molecular weight excluding hydrogens is 112 g/mol. The van der Waals surface area contributed by atoms with Gasteiger partial charge in [0.1, 0.15) is 5.84 Å². The van der Waals surface area contributed by atoms with Crippen LogP contribution in [0.3, 0.4) is 0 Å². The van der Waals surface area contributed by atoms with Gasteiger partial charge >= 0.3 is 0 Å². The standard InChI is InChI=1S/C7H12N2/c1-5-4-9-7(8-3)6(5)2/h4H2,1-3H3,(H,8,9). The minimum absolute atomic E-state index is 0.971. The summed E-state index contributed by atoms with van der Waals surface area (Å²) in [4.78, 5) is 4.07. The van der Waals surface area contributed by atoms with E-state index in [0.29, 0.717) is 0 Å². The fraction of sp³-hybridized carbons (Fsp3) is 0.571. The van der Waals surface area contributed by atoms with Gasteiger partial charge in [-0.1, -0.05) is 0 Å². The minimum Gasteiger partial charge on any atom is -0.366 e. The fourth-order valence-electron chi connectivity index (χ4n) is 0.930. The Labute approximate surface area is 55.7 Å². The molecule has 1 N–H and O–H groups in total. The van der Waals surface area contributed by atoms with Crippen LogP contribution >= 0.6 is 0 Å². The Morgan fingerprint density at radius 2 is 2.11 bits per heavy atom. The maximum atomic E-state index is 4.07. The molecule has 0 atom stereocenters. The second-order valence-electron chi connectivity index (χ2n) is 2.33. The molecule has 1 heterocycles. The Balaban J connectivity index is 2.88. The first-order chi connectivity index (χ1) is 4.25. The summed E-state index contributed by atoms with van der Waals surface area (Å²) < 4.78 is 0. The van der Waals surface area contributed by atoms with Crippen molar-refractivity contribution in [3.63, 3.8) is 0 Å². The number of hydrogen-bond acceptors (Lipinski definition) is 1. The van der Waals surface area contributed by atoms with Crippen molar-refractivity contribution in [1.29, 1.82) is 0 Å². The zero-order valence-corrected chi connectivity index (χ0v) is 6.15. The highest BCUT2D eigenvalue weighted by Crippen LogP contribution is 2.09. The molecule has 0 saturated carbocycles. The van der Waals surface area contributed by atoms with E-state index in [9.17, 15) is 0 Å². The number of nitrogens with zero attached hydrogens (tertiary/aromatic N) is 1. The van der Waals surface area contributed by atoms with Gasteiger partial charge in [0.2, 0.25) is 0 Å². The van der Waals surface area contributed by atoms with Gasteiger partial charge in [-0.2, -0.15) is 0 Å². The lowest BCUT2D eigenvalue weighted by Gasteiger charge is -1.94. The van der Waals surface area contributed by atoms with Gasteiger partial charge in [0.15, 0.2) is 0 Å². The monoisotopic (exact) mass is 124 g/mol. The lowest BCUT2D eigenvalue weighted by atomic mass is 10.2. The van der Waals surface area contributed by atoms with Gasteiger partial charge in [-0.3, -0.25) is 4.99 Å². The number of aliphatic imine (C=N–C) groups is 1. The average molecular weight is 124 g/mol. The first-order valence-electron chi connectivity index (χ1n) is 3.13. The van der Waals surface area contributed by atoms with Crippen LogP contribution in [0.2, 0.25) is 0 Å². The molecule has 0 aliphatic carbocycles. The molecule has 9 heavy (non-hydrogen) atoms. The van der Waals surface area contributed by atoms with Crippen molar-refractivity contribution in [3.8, 4) is 0 Å². The summed E-state index contributed by atoms with van der Waals surface area (Å²) in [6.45, 7) is 5.19. The Morgan fingerprint density at radius 1 is 1.44 bits per heavy atom. The predicted octanol–water partition coefficient (Wildman–Crippen LogP) is 0.954. The molecule has 0 fully saturated rings. The molecule has 0 bridgehead atoms. The number of nitrogens with one attached hydrogen (secondary N) is 1. The fourth-order valence-corrected chi connectivity index (χ4v) is 0.930. The van der Waals surface area contributed by atoms with Gasteiger partial charge in [0.05, 0.1) is 0 Å². The largest absolute Gasteiger partial charge is 0.366 e. The van der Waals surface area contributed by atoms with E-state index in [1.165, 1.54) is 11.1 Å². The van der Waals surface area contributed by atoms with Crippen LogP contribution in [-0.4, -0.2) is 19.4 Å². The van der Waals surface area contributed by atoms with Gasteiger partial charge in [0, 0.05) is 13.6 Å². The second kappa shape index (κ2) is 2.21. The van der Waals surface area contributed by atoms with Crippen LogP contribution in [-0.2, 0) is 0 Å². The minimum atomic E-state index is 0.971. The van der Waals surface area contributed by atoms with Gasteiger partial charge in [-0.15, -0.1) is 0 Å². The Kier molecular flexibility index (Phi) is 1.56. The lowest BCUT2D eigenvalue weighted by Crippen LogP contribution is -2.17. The third-order valence-corrected chi connectivity index (χ3v) is 1.74. The summed E-state index contributed by atoms with van der Waals surface area (Å²) in [6, 6.07) is 0. The third-order valence-electron chi connectivity index (χ3n) is 1.74. The maximum Gasteiger partial charge on any atom is 0.123 e. The summed E-state index contributed by atoms with van der Waals surface area (Å²) in [5, 5.41) is 3.18. The Morgan fingerprint density at radius 3 is 2.33 bits per heavy atom. The van der Waals surface area contributed by atoms with Gasteiger partial charge in [-0.05, 0) is 25.0 Å². The van der Waals surface area contributed by atoms with Gasteiger partial charge < -0.3 is 5.32 Å². The highest BCUT2D eigenvalue weighted by Gasteiger charge is 2.10. The van der Waals surface area contributed by atoms with E-state index in [-0.39, 0.29) is 0 Å². The molecule has 0 amide bonds. The van der Waals surface area contributed by atoms with E-state index in [1.54, 1.807) is 0 Å². The van der Waals surface area contributed by atoms with Crippen LogP contribution in [0.4, 0.5) is 0 Å². The molecule has 0 saturated heterocycles. The molecule has 50 valence electrons. The highest BCUT2D eigenvalue weighted by molar-refractivity contribution is 6.00. The van der Waals surface area contributed by atoms with Crippen LogP contribution < -0.4 is 5.32 Å². The number of amidine groups is 1. The van der Waals surface area contributed by atoms with Crippen molar-refractivity contribution in [2.45, 2.75) is 13.8 Å². The second-order valence-corrected chi connectivity index (χ2v) is 2.33. The smallest absolute Gasteiger partial charge is 0.123 e. The molecule has 0 aromatic carbocycles. The van der Waals surface area contributed by atoms with Crippen LogP contribution in [0, 0.1) is 0 Å². The van der Waals surface area contributed by atoms with E-state index in [4.69, 9.17) is 0 Å². The van der Waals surface area contributed by atoms with Crippen molar-refractivity contribution in [3.05, 3.63) is 11.1 Å². The van der Waals surface area contributed by atoms with Gasteiger partial charge in [-0.25, -0.2) is 0 Å². The normalized spacial score (nSPS) is 23.2. The molecule has 0 unspecified atom stereocenters. The SMILES string of the molecule is CN=C1NCC(C)=C1C. The van der Waals surface area contributed by atoms with E-state index < -0.39 is 0 Å². The molecule has 0 radical (unpaired) electrons. The van der Waals surface area contributed by atoms with Crippen molar-refractivity contribution in [2.75, 3.05) is 13.6 Å². The number of rotatable bonds is 0. The molecule has 1 rings (SSSR count). The predicted molar refractivity (Wildman–Crippen MR) is 39.7 cm³/mol. The third kappa shape index (κ3) is 0.969. The molecule has 0 aromatic heterocycles. The quantitative estimate of drug-likeness (QED) is 0.511. The van der Waals surface area contributed by atoms with E-state index >= 15 is 0 Å². The summed E-state index contributed by atoms with van der Waals surface area (Å²) in [7, 11) is 1.81. The molecule has 0 spiro atoms. The van der Waals surface area contributed by atoms with Crippen LogP contribution in [0.15, 0.2) is 16.1 Å². The maximum absolute atomic E-state index is 4.07. The van der Waals surface area contributed by atoms with E-state index in [0.717, 1.165) is 12.4 Å². The van der Waals surface area contributed by atoms with Gasteiger partial charge in [0.25, 0.3) is 0 Å². The summed E-state index contributed by atoms with van der Waals surface area (Å²) >= 11 is 0. The number of hydrogen-bond donors (Lipinski definition) is 1. The van der Waals surface area contributed by atoms with E-state index in [2.05, 4.69) is 24.2 Å². The van der Waals surface area contributed by atoms with Crippen molar-refractivity contribution in [2.24, 2.45) is 4.99 Å². The molecular formula is C7H12N2. The highest BCUT2D eigenvalue weighted by atomic mass is 15.0. The molecule has 0 aromatic rings. The summed E-state index contributed by atoms with van der Waals surface area (Å²) in [5.74, 6) is 1.05. The topological polar surface area (TPSA) is 24.4 Å². The lowest BCUT2D eigenvalue weighted by molar-refractivity contribution is 1.03. The van der Waals surface area contributed by atoms with E-state index in [1.807, 2.05) is 7.05 Å². The molecule has 2 heteroatoms. The molecule has 1 aliphatic heterocycles. The Bertz CT molecular complexity index is 177. The summed E-state index contributed by atoms with van der Waals surface area (Å²) in [5.41, 5.74) is 2.70. The summed E-state index contributed by atoms with van der Waals surface area (Å²) in [6.07, 6.45) is 0. The zero-order valence-electron chi connectivity index (χ0n) is 6.15. The first-order valence-corrected chi connectivity index (χ1v) is 3.13. The molecule has 2 nitrogen and oxygen atoms in total. The van der Waals surface area contributed by atoms with Crippen LogP contribution in [0.5, 0.6) is 0 Å². The van der Waals surface area contributed by atoms with Crippen LogP contribution in [0.25, 0.3) is 0 Å². The van der Waals surface area contributed by atoms with Crippen molar-refractivity contribution in [1.82, 2.24) is 5.32 Å². The Hall–Kier alpha value is -0.790. The first kappa shape index (κ1) is 6.33. The molecule has 1 aliphatic rings. The van der Waals surface area contributed by atoms with Crippen molar-refractivity contribution >= 4 is 5.84 Å².